The number of halogens is 2. The Bertz CT molecular complexity index is 864. The molecule has 2 aliphatic heterocycles. The normalized spacial score (nSPS) is 21.2. The molecule has 2 aromatic carbocycles. The lowest BCUT2D eigenvalue weighted by Gasteiger charge is -2.38. The summed E-state index contributed by atoms with van der Waals surface area (Å²) < 4.78 is 26.5. The number of rotatable bonds is 3. The third-order valence-corrected chi connectivity index (χ3v) is 5.14. The van der Waals surface area contributed by atoms with Gasteiger partial charge in [0.2, 0.25) is 5.91 Å². The summed E-state index contributed by atoms with van der Waals surface area (Å²) in [6, 6.07) is 11.3. The average Bonchev–Trinajstić information content (AvgIpc) is 2.97. The number of hydrogen-bond donors (Lipinski definition) is 0. The minimum atomic E-state index is -0.517. The summed E-state index contributed by atoms with van der Waals surface area (Å²) in [6.45, 7) is 2.61. The smallest absolute Gasteiger partial charge is 0.251 e. The van der Waals surface area contributed by atoms with Crippen LogP contribution in [0, 0.1) is 11.6 Å². The third kappa shape index (κ3) is 3.42. The fourth-order valence-corrected chi connectivity index (χ4v) is 3.73. The van der Waals surface area contributed by atoms with E-state index in [4.69, 9.17) is 0 Å². The van der Waals surface area contributed by atoms with Gasteiger partial charge in [-0.3, -0.25) is 14.5 Å². The van der Waals surface area contributed by atoms with E-state index in [0.717, 1.165) is 10.6 Å². The second-order valence-electron chi connectivity index (χ2n) is 6.77. The third-order valence-electron chi connectivity index (χ3n) is 5.14. The van der Waals surface area contributed by atoms with E-state index in [2.05, 4.69) is 4.90 Å². The van der Waals surface area contributed by atoms with Crippen LogP contribution in [0.15, 0.2) is 48.5 Å². The quantitative estimate of drug-likeness (QED) is 0.778. The van der Waals surface area contributed by atoms with Gasteiger partial charge in [-0.2, -0.15) is 0 Å². The second-order valence-corrected chi connectivity index (χ2v) is 6.77. The van der Waals surface area contributed by atoms with Gasteiger partial charge in [0, 0.05) is 31.9 Å². The van der Waals surface area contributed by atoms with Gasteiger partial charge in [0.15, 0.2) is 0 Å². The maximum absolute atomic E-state index is 13.5. The van der Waals surface area contributed by atoms with Crippen molar-refractivity contribution in [1.82, 2.24) is 4.90 Å². The summed E-state index contributed by atoms with van der Waals surface area (Å²) in [5, 5.41) is 0. The molecule has 0 radical (unpaired) electrons. The van der Waals surface area contributed by atoms with Crippen molar-refractivity contribution in [1.29, 1.82) is 0 Å². The predicted octanol–water partition coefficient (Wildman–Crippen LogP) is 2.42. The van der Waals surface area contributed by atoms with E-state index in [1.54, 1.807) is 18.2 Å². The first-order valence-electron chi connectivity index (χ1n) is 8.90. The molecule has 140 valence electrons. The van der Waals surface area contributed by atoms with Crippen LogP contribution in [0.4, 0.5) is 20.2 Å². The van der Waals surface area contributed by atoms with Crippen LogP contribution < -0.4 is 9.80 Å². The van der Waals surface area contributed by atoms with E-state index < -0.39 is 11.9 Å². The molecule has 2 amide bonds. The van der Waals surface area contributed by atoms with E-state index in [-0.39, 0.29) is 29.7 Å². The highest BCUT2D eigenvalue weighted by Crippen LogP contribution is 2.27. The van der Waals surface area contributed by atoms with Crippen LogP contribution in [0.3, 0.4) is 0 Å². The van der Waals surface area contributed by atoms with Gasteiger partial charge in [-0.05, 0) is 42.5 Å². The minimum Gasteiger partial charge on any atom is -0.369 e. The molecule has 0 spiro atoms. The van der Waals surface area contributed by atoms with Gasteiger partial charge in [-0.15, -0.1) is 0 Å². The molecule has 5 nitrogen and oxygen atoms in total. The SMILES string of the molecule is O=C1CC(N2CCN(c3ccc(F)cc3)CC2)C(=O)N1c1cccc(F)c1. The number of carbonyl (C=O) groups is 2. The zero-order valence-corrected chi connectivity index (χ0v) is 14.6. The van der Waals surface area contributed by atoms with Crippen molar-refractivity contribution in [2.24, 2.45) is 0 Å². The van der Waals surface area contributed by atoms with Crippen molar-refractivity contribution in [3.05, 3.63) is 60.2 Å². The minimum absolute atomic E-state index is 0.103. The molecule has 0 aromatic heterocycles. The number of anilines is 2. The Kier molecular flexibility index (Phi) is 4.61. The van der Waals surface area contributed by atoms with Gasteiger partial charge in [-0.25, -0.2) is 13.7 Å². The molecule has 0 N–H and O–H groups in total. The maximum atomic E-state index is 13.5. The van der Waals surface area contributed by atoms with Crippen molar-refractivity contribution in [2.45, 2.75) is 12.5 Å². The first-order chi connectivity index (χ1) is 13.0. The molecule has 4 rings (SSSR count). The zero-order chi connectivity index (χ0) is 19.0. The summed E-state index contributed by atoms with van der Waals surface area (Å²) >= 11 is 0. The standard InChI is InChI=1S/C20H19F2N3O2/c21-14-4-6-16(7-5-14)23-8-10-24(11-9-23)18-13-19(26)25(20(18)27)17-3-1-2-15(22)12-17/h1-7,12,18H,8-11,13H2. The lowest BCUT2D eigenvalue weighted by molar-refractivity contribution is -0.123. The summed E-state index contributed by atoms with van der Waals surface area (Å²) in [6.07, 6.45) is 0.103. The Morgan fingerprint density at radius 1 is 0.815 bits per heavy atom. The van der Waals surface area contributed by atoms with Crippen LogP contribution in [0.2, 0.25) is 0 Å². The molecule has 2 aromatic rings. The first-order valence-corrected chi connectivity index (χ1v) is 8.90. The Balaban J connectivity index is 1.44. The molecule has 0 saturated carbocycles. The molecule has 1 unspecified atom stereocenters. The van der Waals surface area contributed by atoms with Crippen LogP contribution >= 0.6 is 0 Å². The summed E-state index contributed by atoms with van der Waals surface area (Å²) in [7, 11) is 0. The van der Waals surface area contributed by atoms with Gasteiger partial charge >= 0.3 is 0 Å². The summed E-state index contributed by atoms with van der Waals surface area (Å²) in [4.78, 5) is 30.4. The summed E-state index contributed by atoms with van der Waals surface area (Å²) in [5.41, 5.74) is 1.21. The molecule has 0 bridgehead atoms. The van der Waals surface area contributed by atoms with Crippen molar-refractivity contribution in [3.8, 4) is 0 Å². The largest absolute Gasteiger partial charge is 0.369 e. The van der Waals surface area contributed by atoms with Gasteiger partial charge < -0.3 is 4.90 Å². The Hall–Kier alpha value is -2.80. The lowest BCUT2D eigenvalue weighted by atomic mass is 10.1. The topological polar surface area (TPSA) is 43.9 Å². The molecular weight excluding hydrogens is 352 g/mol. The van der Waals surface area contributed by atoms with Crippen molar-refractivity contribution < 1.29 is 18.4 Å². The van der Waals surface area contributed by atoms with Gasteiger partial charge in [-0.1, -0.05) is 6.07 Å². The van der Waals surface area contributed by atoms with Crippen LogP contribution in [-0.4, -0.2) is 48.9 Å². The number of imide groups is 1. The zero-order valence-electron chi connectivity index (χ0n) is 14.6. The fourth-order valence-electron chi connectivity index (χ4n) is 3.73. The van der Waals surface area contributed by atoms with Gasteiger partial charge in [0.1, 0.15) is 11.6 Å². The van der Waals surface area contributed by atoms with E-state index in [1.807, 2.05) is 4.90 Å². The average molecular weight is 371 g/mol. The molecule has 2 heterocycles. The number of piperazine rings is 1. The van der Waals surface area contributed by atoms with Crippen LogP contribution in [0.5, 0.6) is 0 Å². The first kappa shape index (κ1) is 17.6. The number of carbonyl (C=O) groups excluding carboxylic acids is 2. The Morgan fingerprint density at radius 3 is 2.19 bits per heavy atom. The highest BCUT2D eigenvalue weighted by Gasteiger charge is 2.43. The summed E-state index contributed by atoms with van der Waals surface area (Å²) in [5.74, 6) is -1.37. The van der Waals surface area contributed by atoms with Crippen LogP contribution in [-0.2, 0) is 9.59 Å². The number of hydrogen-bond acceptors (Lipinski definition) is 4. The Labute approximate surface area is 155 Å². The van der Waals surface area contributed by atoms with Gasteiger partial charge in [0.05, 0.1) is 18.2 Å². The highest BCUT2D eigenvalue weighted by atomic mass is 19.1. The van der Waals surface area contributed by atoms with Crippen molar-refractivity contribution >= 4 is 23.2 Å². The number of amides is 2. The van der Waals surface area contributed by atoms with Crippen LogP contribution in [0.25, 0.3) is 0 Å². The molecule has 2 aliphatic rings. The lowest BCUT2D eigenvalue weighted by Crippen LogP contribution is -2.52. The van der Waals surface area contributed by atoms with Gasteiger partial charge in [0.25, 0.3) is 5.91 Å². The second kappa shape index (κ2) is 7.08. The molecule has 0 aliphatic carbocycles. The van der Waals surface area contributed by atoms with E-state index >= 15 is 0 Å². The Morgan fingerprint density at radius 2 is 1.52 bits per heavy atom. The monoisotopic (exact) mass is 371 g/mol. The predicted molar refractivity (Wildman–Crippen MR) is 97.5 cm³/mol. The van der Waals surface area contributed by atoms with Crippen molar-refractivity contribution in [3.63, 3.8) is 0 Å². The fraction of sp³-hybridized carbons (Fsp3) is 0.300. The molecule has 2 fully saturated rings. The van der Waals surface area contributed by atoms with Crippen molar-refractivity contribution in [2.75, 3.05) is 36.0 Å². The highest BCUT2D eigenvalue weighted by molar-refractivity contribution is 6.22. The number of benzene rings is 2. The van der Waals surface area contributed by atoms with E-state index in [0.29, 0.717) is 26.2 Å². The molecule has 1 atom stereocenters. The van der Waals surface area contributed by atoms with E-state index in [1.165, 1.54) is 30.3 Å². The molecular formula is C20H19F2N3O2. The number of nitrogens with zero attached hydrogens (tertiary/aromatic N) is 3. The van der Waals surface area contributed by atoms with E-state index in [9.17, 15) is 18.4 Å². The molecule has 2 saturated heterocycles. The van der Waals surface area contributed by atoms with Crippen LogP contribution in [0.1, 0.15) is 6.42 Å². The molecule has 7 heteroatoms. The molecule has 27 heavy (non-hydrogen) atoms. The maximum Gasteiger partial charge on any atom is 0.251 e.